The first kappa shape index (κ1) is 14.0. The summed E-state index contributed by atoms with van der Waals surface area (Å²) in [6, 6.07) is 6.57. The molecule has 102 valence electrons. The zero-order chi connectivity index (χ0) is 14.0. The predicted octanol–water partition coefficient (Wildman–Crippen LogP) is 4.12. The van der Waals surface area contributed by atoms with Gasteiger partial charge in [-0.3, -0.25) is 0 Å². The number of halogens is 4. The molecule has 0 saturated heterocycles. The lowest BCUT2D eigenvalue weighted by Crippen LogP contribution is -2.04. The highest BCUT2D eigenvalue weighted by Gasteiger charge is 2.31. The van der Waals surface area contributed by atoms with Gasteiger partial charge in [0, 0.05) is 12.0 Å². The lowest BCUT2D eigenvalue weighted by atomic mass is 10.1. The summed E-state index contributed by atoms with van der Waals surface area (Å²) >= 11 is 5.87. The zero-order valence-electron chi connectivity index (χ0n) is 9.80. The number of hydrogen-bond donors (Lipinski definition) is 1. The van der Waals surface area contributed by atoms with Crippen LogP contribution in [0.3, 0.4) is 0 Å². The molecule has 0 spiro atoms. The van der Waals surface area contributed by atoms with Crippen molar-refractivity contribution in [2.75, 3.05) is 6.54 Å². The molecule has 0 radical (unpaired) electrons. The first-order chi connectivity index (χ1) is 8.91. The maximum atomic E-state index is 12.5. The van der Waals surface area contributed by atoms with Crippen molar-refractivity contribution in [2.45, 2.75) is 12.6 Å². The van der Waals surface area contributed by atoms with Gasteiger partial charge in [0.1, 0.15) is 11.5 Å². The molecule has 0 aliphatic heterocycles. The minimum Gasteiger partial charge on any atom is -0.461 e. The Morgan fingerprint density at radius 3 is 2.47 bits per heavy atom. The van der Waals surface area contributed by atoms with E-state index >= 15 is 0 Å². The average molecular weight is 290 g/mol. The van der Waals surface area contributed by atoms with Gasteiger partial charge < -0.3 is 10.2 Å². The molecule has 0 aliphatic carbocycles. The number of furan rings is 1. The van der Waals surface area contributed by atoms with E-state index in [9.17, 15) is 13.2 Å². The average Bonchev–Trinajstić information content (AvgIpc) is 2.76. The first-order valence-corrected chi connectivity index (χ1v) is 5.95. The van der Waals surface area contributed by atoms with Gasteiger partial charge in [0.15, 0.2) is 0 Å². The molecule has 0 amide bonds. The summed E-state index contributed by atoms with van der Waals surface area (Å²) in [6.45, 7) is 0.438. The van der Waals surface area contributed by atoms with Gasteiger partial charge in [-0.1, -0.05) is 11.6 Å². The summed E-state index contributed by atoms with van der Waals surface area (Å²) in [5.41, 5.74) is 5.04. The maximum absolute atomic E-state index is 12.5. The lowest BCUT2D eigenvalue weighted by Gasteiger charge is -2.08. The van der Waals surface area contributed by atoms with Crippen LogP contribution in [0.4, 0.5) is 13.2 Å². The fraction of sp³-hybridized carbons (Fsp3) is 0.231. The van der Waals surface area contributed by atoms with Gasteiger partial charge in [-0.25, -0.2) is 0 Å². The van der Waals surface area contributed by atoms with E-state index in [4.69, 9.17) is 21.8 Å². The molecule has 0 unspecified atom stereocenters. The van der Waals surface area contributed by atoms with Crippen LogP contribution in [-0.2, 0) is 12.6 Å². The van der Waals surface area contributed by atoms with Crippen LogP contribution in [0.5, 0.6) is 0 Å². The van der Waals surface area contributed by atoms with Crippen molar-refractivity contribution in [1.82, 2.24) is 0 Å². The topological polar surface area (TPSA) is 39.2 Å². The summed E-state index contributed by atoms with van der Waals surface area (Å²) < 4.78 is 43.0. The van der Waals surface area contributed by atoms with Crippen LogP contribution in [-0.4, -0.2) is 6.54 Å². The van der Waals surface area contributed by atoms with Crippen molar-refractivity contribution < 1.29 is 17.6 Å². The van der Waals surface area contributed by atoms with E-state index < -0.39 is 11.7 Å². The second-order valence-electron chi connectivity index (χ2n) is 4.00. The monoisotopic (exact) mass is 289 g/mol. The number of benzene rings is 1. The molecular weight excluding hydrogens is 279 g/mol. The van der Waals surface area contributed by atoms with Crippen LogP contribution in [0.2, 0.25) is 5.02 Å². The molecule has 2 N–H and O–H groups in total. The Kier molecular flexibility index (Phi) is 3.87. The molecule has 0 bridgehead atoms. The second kappa shape index (κ2) is 5.27. The number of nitrogens with two attached hydrogens (primary N) is 1. The first-order valence-electron chi connectivity index (χ1n) is 5.57. The van der Waals surface area contributed by atoms with Gasteiger partial charge >= 0.3 is 6.18 Å². The third-order valence-corrected chi connectivity index (χ3v) is 2.93. The van der Waals surface area contributed by atoms with E-state index in [0.29, 0.717) is 30.0 Å². The Balaban J connectivity index is 2.35. The Morgan fingerprint density at radius 2 is 1.89 bits per heavy atom. The van der Waals surface area contributed by atoms with Gasteiger partial charge in [0.2, 0.25) is 0 Å². The third-order valence-electron chi connectivity index (χ3n) is 2.61. The largest absolute Gasteiger partial charge is 0.461 e. The van der Waals surface area contributed by atoms with E-state index in [2.05, 4.69) is 0 Å². The Hall–Kier alpha value is -1.46. The fourth-order valence-corrected chi connectivity index (χ4v) is 1.96. The second-order valence-corrected chi connectivity index (χ2v) is 4.40. The van der Waals surface area contributed by atoms with Crippen molar-refractivity contribution in [3.8, 4) is 11.3 Å². The van der Waals surface area contributed by atoms with Crippen LogP contribution < -0.4 is 5.73 Å². The minimum atomic E-state index is -4.41. The van der Waals surface area contributed by atoms with Crippen molar-refractivity contribution >= 4 is 11.6 Å². The van der Waals surface area contributed by atoms with Gasteiger partial charge in [0.05, 0.1) is 10.6 Å². The zero-order valence-corrected chi connectivity index (χ0v) is 10.6. The SMILES string of the molecule is NCCc1ccc(-c2ccc(C(F)(F)F)cc2Cl)o1. The number of hydrogen-bond acceptors (Lipinski definition) is 2. The van der Waals surface area contributed by atoms with Crippen LogP contribution in [0.15, 0.2) is 34.7 Å². The lowest BCUT2D eigenvalue weighted by molar-refractivity contribution is -0.137. The standard InChI is InChI=1S/C13H11ClF3NO/c14-11-7-8(13(15,16)17)1-3-10(11)12-4-2-9(19-12)5-6-18/h1-4,7H,5-6,18H2. The van der Waals surface area contributed by atoms with E-state index in [-0.39, 0.29) is 5.02 Å². The van der Waals surface area contributed by atoms with Crippen LogP contribution in [0.25, 0.3) is 11.3 Å². The quantitative estimate of drug-likeness (QED) is 0.923. The Bertz CT molecular complexity index is 578. The summed E-state index contributed by atoms with van der Waals surface area (Å²) in [4.78, 5) is 0. The molecular formula is C13H11ClF3NO. The molecule has 1 heterocycles. The highest BCUT2D eigenvalue weighted by Crippen LogP contribution is 2.36. The minimum absolute atomic E-state index is 0.00322. The van der Waals surface area contributed by atoms with E-state index in [0.717, 1.165) is 12.1 Å². The number of rotatable bonds is 3. The number of alkyl halides is 3. The highest BCUT2D eigenvalue weighted by atomic mass is 35.5. The van der Waals surface area contributed by atoms with Crippen LogP contribution in [0.1, 0.15) is 11.3 Å². The molecule has 0 atom stereocenters. The molecule has 0 fully saturated rings. The van der Waals surface area contributed by atoms with Gasteiger partial charge in [-0.2, -0.15) is 13.2 Å². The highest BCUT2D eigenvalue weighted by molar-refractivity contribution is 6.33. The van der Waals surface area contributed by atoms with E-state index in [1.807, 2.05) is 0 Å². The van der Waals surface area contributed by atoms with Gasteiger partial charge in [-0.05, 0) is 36.9 Å². The molecule has 0 saturated carbocycles. The van der Waals surface area contributed by atoms with Crippen LogP contribution >= 0.6 is 11.6 Å². The summed E-state index contributed by atoms with van der Waals surface area (Å²) in [7, 11) is 0. The molecule has 2 nitrogen and oxygen atoms in total. The van der Waals surface area contributed by atoms with Gasteiger partial charge in [-0.15, -0.1) is 0 Å². The molecule has 2 aromatic rings. The third kappa shape index (κ3) is 3.11. The molecule has 2 rings (SSSR count). The molecule has 1 aromatic carbocycles. The molecule has 1 aromatic heterocycles. The summed E-state index contributed by atoms with van der Waals surface area (Å²) in [6.07, 6.45) is -3.84. The van der Waals surface area contributed by atoms with Crippen LogP contribution in [0, 0.1) is 0 Å². The van der Waals surface area contributed by atoms with Crippen molar-refractivity contribution in [2.24, 2.45) is 5.73 Å². The summed E-state index contributed by atoms with van der Waals surface area (Å²) in [5, 5.41) is 0.00322. The Labute approximate surface area is 113 Å². The summed E-state index contributed by atoms with van der Waals surface area (Å²) in [5.74, 6) is 1.11. The molecule has 6 heteroatoms. The normalized spacial score (nSPS) is 11.8. The molecule has 19 heavy (non-hydrogen) atoms. The van der Waals surface area contributed by atoms with Crippen molar-refractivity contribution in [3.05, 3.63) is 46.7 Å². The van der Waals surface area contributed by atoms with E-state index in [1.54, 1.807) is 12.1 Å². The fourth-order valence-electron chi connectivity index (χ4n) is 1.69. The maximum Gasteiger partial charge on any atom is 0.416 e. The smallest absolute Gasteiger partial charge is 0.416 e. The van der Waals surface area contributed by atoms with Crippen molar-refractivity contribution in [1.29, 1.82) is 0 Å². The Morgan fingerprint density at radius 1 is 1.16 bits per heavy atom. The molecule has 0 aliphatic rings. The predicted molar refractivity (Wildman–Crippen MR) is 66.9 cm³/mol. The van der Waals surface area contributed by atoms with E-state index in [1.165, 1.54) is 6.07 Å². The van der Waals surface area contributed by atoms with Crippen molar-refractivity contribution in [3.63, 3.8) is 0 Å². The van der Waals surface area contributed by atoms with Gasteiger partial charge in [0.25, 0.3) is 0 Å².